The molecule has 0 aliphatic carbocycles. The molecule has 3 N–H and O–H groups in total. The Morgan fingerprint density at radius 1 is 1.07 bits per heavy atom. The predicted molar refractivity (Wildman–Crippen MR) is 106 cm³/mol. The van der Waals surface area contributed by atoms with E-state index in [2.05, 4.69) is 45.4 Å². The van der Waals surface area contributed by atoms with Crippen molar-refractivity contribution in [2.45, 2.75) is 44.7 Å². The number of hydrogen-bond acceptors (Lipinski definition) is 4. The van der Waals surface area contributed by atoms with Crippen molar-refractivity contribution in [2.24, 2.45) is 11.7 Å². The topological polar surface area (TPSA) is 78.7 Å². The molecular formula is C21H32N4O2. The van der Waals surface area contributed by atoms with Gasteiger partial charge in [-0.25, -0.2) is 0 Å². The molecule has 1 aromatic rings. The summed E-state index contributed by atoms with van der Waals surface area (Å²) in [5.74, 6) is -0.265. The van der Waals surface area contributed by atoms with Gasteiger partial charge in [0.25, 0.3) is 0 Å². The lowest BCUT2D eigenvalue weighted by Crippen LogP contribution is -2.50. The molecule has 2 aliphatic heterocycles. The number of nitrogens with one attached hydrogen (secondary N) is 1. The molecule has 0 bridgehead atoms. The van der Waals surface area contributed by atoms with Crippen LogP contribution in [0.5, 0.6) is 0 Å². The maximum absolute atomic E-state index is 12.4. The summed E-state index contributed by atoms with van der Waals surface area (Å²) in [6, 6.07) is 11.2. The molecule has 0 radical (unpaired) electrons. The maximum Gasteiger partial charge on any atom is 0.224 e. The molecule has 0 unspecified atom stereocenters. The number of rotatable bonds is 7. The molecule has 2 heterocycles. The summed E-state index contributed by atoms with van der Waals surface area (Å²) < 4.78 is 0. The maximum atomic E-state index is 12.4. The SMILES string of the molecule is NC(=O)CCNC(=O)[C@H]1CCCN(C2CCN(Cc3ccccc3)CC2)C1. The van der Waals surface area contributed by atoms with Crippen LogP contribution in [-0.4, -0.2) is 60.4 Å². The van der Waals surface area contributed by atoms with Crippen LogP contribution in [-0.2, 0) is 16.1 Å². The molecule has 6 heteroatoms. The third-order valence-corrected chi connectivity index (χ3v) is 5.82. The molecule has 2 amide bonds. The molecule has 2 saturated heterocycles. The number of primary amides is 1. The average Bonchev–Trinajstić information content (AvgIpc) is 2.69. The highest BCUT2D eigenvalue weighted by molar-refractivity contribution is 5.80. The van der Waals surface area contributed by atoms with E-state index in [1.165, 1.54) is 18.4 Å². The first-order valence-electron chi connectivity index (χ1n) is 10.2. The van der Waals surface area contributed by atoms with E-state index in [1.54, 1.807) is 0 Å². The number of amides is 2. The summed E-state index contributed by atoms with van der Waals surface area (Å²) in [6.45, 7) is 5.54. The predicted octanol–water partition coefficient (Wildman–Crippen LogP) is 1.35. The second-order valence-electron chi connectivity index (χ2n) is 7.83. The highest BCUT2D eigenvalue weighted by Gasteiger charge is 2.31. The Morgan fingerprint density at radius 3 is 2.52 bits per heavy atom. The van der Waals surface area contributed by atoms with Crippen LogP contribution in [0.2, 0.25) is 0 Å². The number of nitrogens with two attached hydrogens (primary N) is 1. The molecule has 6 nitrogen and oxygen atoms in total. The van der Waals surface area contributed by atoms with Gasteiger partial charge >= 0.3 is 0 Å². The number of nitrogens with zero attached hydrogens (tertiary/aromatic N) is 2. The van der Waals surface area contributed by atoms with Crippen LogP contribution in [0.3, 0.4) is 0 Å². The standard InChI is InChI=1S/C21H32N4O2/c22-20(26)8-11-23-21(27)18-7-4-12-25(16-18)19-9-13-24(14-10-19)15-17-5-2-1-3-6-17/h1-3,5-6,18-19H,4,7-16H2,(H2,22,26)(H,23,27)/t18-/m0/s1. The summed E-state index contributed by atoms with van der Waals surface area (Å²) in [5.41, 5.74) is 6.51. The first kappa shape index (κ1) is 19.8. The van der Waals surface area contributed by atoms with Crippen molar-refractivity contribution in [1.29, 1.82) is 0 Å². The van der Waals surface area contributed by atoms with Gasteiger partial charge in [0.15, 0.2) is 0 Å². The van der Waals surface area contributed by atoms with Gasteiger partial charge in [-0.3, -0.25) is 19.4 Å². The smallest absolute Gasteiger partial charge is 0.224 e. The summed E-state index contributed by atoms with van der Waals surface area (Å²) in [7, 11) is 0. The van der Waals surface area contributed by atoms with E-state index in [4.69, 9.17) is 5.73 Å². The minimum Gasteiger partial charge on any atom is -0.370 e. The van der Waals surface area contributed by atoms with Gasteiger partial charge in [-0.2, -0.15) is 0 Å². The third kappa shape index (κ3) is 6.04. The molecule has 1 aromatic carbocycles. The van der Waals surface area contributed by atoms with Gasteiger partial charge in [-0.1, -0.05) is 30.3 Å². The number of carbonyl (C=O) groups excluding carboxylic acids is 2. The molecular weight excluding hydrogens is 340 g/mol. The van der Waals surface area contributed by atoms with Gasteiger partial charge in [-0.05, 0) is 50.9 Å². The van der Waals surface area contributed by atoms with Crippen LogP contribution < -0.4 is 11.1 Å². The Hall–Kier alpha value is -1.92. The van der Waals surface area contributed by atoms with Crippen LogP contribution in [0, 0.1) is 5.92 Å². The Labute approximate surface area is 162 Å². The number of piperidine rings is 2. The zero-order valence-corrected chi connectivity index (χ0v) is 16.1. The van der Waals surface area contributed by atoms with Crippen molar-refractivity contribution in [3.05, 3.63) is 35.9 Å². The Kier molecular flexibility index (Phi) is 7.24. The van der Waals surface area contributed by atoms with Crippen LogP contribution in [0.25, 0.3) is 0 Å². The van der Waals surface area contributed by atoms with Crippen molar-refractivity contribution < 1.29 is 9.59 Å². The summed E-state index contributed by atoms with van der Waals surface area (Å²) in [4.78, 5) is 28.2. The molecule has 0 saturated carbocycles. The lowest BCUT2D eigenvalue weighted by molar-refractivity contribution is -0.127. The minimum atomic E-state index is -0.372. The van der Waals surface area contributed by atoms with Crippen LogP contribution in [0.15, 0.2) is 30.3 Å². The van der Waals surface area contributed by atoms with E-state index < -0.39 is 0 Å². The van der Waals surface area contributed by atoms with Gasteiger partial charge in [-0.15, -0.1) is 0 Å². The summed E-state index contributed by atoms with van der Waals surface area (Å²) >= 11 is 0. The van der Waals surface area contributed by atoms with Crippen molar-refractivity contribution in [3.63, 3.8) is 0 Å². The fourth-order valence-corrected chi connectivity index (χ4v) is 4.29. The number of hydrogen-bond donors (Lipinski definition) is 2. The number of benzene rings is 1. The normalized spacial score (nSPS) is 22.4. The molecule has 0 aromatic heterocycles. The molecule has 2 fully saturated rings. The first-order valence-corrected chi connectivity index (χ1v) is 10.2. The molecule has 3 rings (SSSR count). The van der Waals surface area contributed by atoms with E-state index in [0.29, 0.717) is 12.6 Å². The summed E-state index contributed by atoms with van der Waals surface area (Å²) in [6.07, 6.45) is 4.55. The molecule has 148 valence electrons. The molecule has 27 heavy (non-hydrogen) atoms. The third-order valence-electron chi connectivity index (χ3n) is 5.82. The van der Waals surface area contributed by atoms with E-state index >= 15 is 0 Å². The van der Waals surface area contributed by atoms with Crippen molar-refractivity contribution in [1.82, 2.24) is 15.1 Å². The Balaban J connectivity index is 1.42. The molecule has 1 atom stereocenters. The monoisotopic (exact) mass is 372 g/mol. The zero-order valence-electron chi connectivity index (χ0n) is 16.1. The van der Waals surface area contributed by atoms with E-state index in [0.717, 1.165) is 45.6 Å². The van der Waals surface area contributed by atoms with Gasteiger partial charge in [0.2, 0.25) is 11.8 Å². The molecule has 0 spiro atoms. The lowest BCUT2D eigenvalue weighted by atomic mass is 9.93. The second-order valence-corrected chi connectivity index (χ2v) is 7.83. The van der Waals surface area contributed by atoms with E-state index in [-0.39, 0.29) is 24.2 Å². The largest absolute Gasteiger partial charge is 0.370 e. The van der Waals surface area contributed by atoms with Gasteiger partial charge in [0.05, 0.1) is 5.92 Å². The lowest BCUT2D eigenvalue weighted by Gasteiger charge is -2.42. The van der Waals surface area contributed by atoms with Crippen LogP contribution in [0.1, 0.15) is 37.7 Å². The number of likely N-dealkylation sites (tertiary alicyclic amines) is 2. The van der Waals surface area contributed by atoms with E-state index in [9.17, 15) is 9.59 Å². The van der Waals surface area contributed by atoms with Gasteiger partial charge < -0.3 is 11.1 Å². The fraction of sp³-hybridized carbons (Fsp3) is 0.619. The minimum absolute atomic E-state index is 0.0361. The number of carbonyl (C=O) groups is 2. The highest BCUT2D eigenvalue weighted by atomic mass is 16.2. The van der Waals surface area contributed by atoms with E-state index in [1.807, 2.05) is 0 Å². The van der Waals surface area contributed by atoms with Crippen molar-refractivity contribution in [2.75, 3.05) is 32.7 Å². The second kappa shape index (κ2) is 9.85. The quantitative estimate of drug-likeness (QED) is 0.757. The Morgan fingerprint density at radius 2 is 1.81 bits per heavy atom. The summed E-state index contributed by atoms with van der Waals surface area (Å²) in [5, 5.41) is 2.87. The Bertz CT molecular complexity index is 614. The van der Waals surface area contributed by atoms with Gasteiger partial charge in [0.1, 0.15) is 0 Å². The highest BCUT2D eigenvalue weighted by Crippen LogP contribution is 2.24. The molecule has 2 aliphatic rings. The first-order chi connectivity index (χ1) is 13.1. The van der Waals surface area contributed by atoms with Crippen LogP contribution in [0.4, 0.5) is 0 Å². The van der Waals surface area contributed by atoms with Crippen molar-refractivity contribution in [3.8, 4) is 0 Å². The van der Waals surface area contributed by atoms with Crippen LogP contribution >= 0.6 is 0 Å². The fourth-order valence-electron chi connectivity index (χ4n) is 4.29. The van der Waals surface area contributed by atoms with Crippen molar-refractivity contribution >= 4 is 11.8 Å². The average molecular weight is 373 g/mol. The zero-order chi connectivity index (χ0) is 19.1. The van der Waals surface area contributed by atoms with Gasteiger partial charge in [0, 0.05) is 32.1 Å².